The number of nitrogens with zero attached hydrogens (tertiary/aromatic N) is 2. The zero-order valence-corrected chi connectivity index (χ0v) is 16.8. The molecule has 1 amide bonds. The second kappa shape index (κ2) is 9.22. The number of carbonyl (C=O) groups excluding carboxylic acids is 1. The predicted molar refractivity (Wildman–Crippen MR) is 122 cm³/mol. The molecule has 0 aliphatic carbocycles. The Bertz CT molecular complexity index is 1190. The van der Waals surface area contributed by atoms with Crippen molar-refractivity contribution in [2.24, 2.45) is 0 Å². The Morgan fingerprint density at radius 2 is 1.71 bits per heavy atom. The van der Waals surface area contributed by atoms with Crippen molar-refractivity contribution in [3.8, 4) is 11.3 Å². The molecule has 5 heteroatoms. The van der Waals surface area contributed by atoms with Gasteiger partial charge < -0.3 is 5.32 Å². The summed E-state index contributed by atoms with van der Waals surface area (Å²) in [6, 6.07) is 23.5. The van der Waals surface area contributed by atoms with Gasteiger partial charge in [0.2, 0.25) is 5.91 Å². The molecule has 31 heavy (non-hydrogen) atoms. The van der Waals surface area contributed by atoms with E-state index in [0.29, 0.717) is 12.2 Å². The molecule has 0 spiro atoms. The van der Waals surface area contributed by atoms with Gasteiger partial charge in [0, 0.05) is 22.9 Å². The van der Waals surface area contributed by atoms with E-state index in [1.165, 1.54) is 18.2 Å². The largest absolute Gasteiger partial charge is 0.323 e. The van der Waals surface area contributed by atoms with Crippen LogP contribution in [0, 0.1) is 12.7 Å². The van der Waals surface area contributed by atoms with Gasteiger partial charge in [-0.15, -0.1) is 0 Å². The smallest absolute Gasteiger partial charge is 0.248 e. The van der Waals surface area contributed by atoms with Gasteiger partial charge in [0.1, 0.15) is 5.82 Å². The van der Waals surface area contributed by atoms with E-state index in [0.717, 1.165) is 27.9 Å². The molecular formula is C26H21FN3O. The van der Waals surface area contributed by atoms with Crippen molar-refractivity contribution in [3.63, 3.8) is 0 Å². The molecule has 0 unspecified atom stereocenters. The first-order valence-corrected chi connectivity index (χ1v) is 9.85. The summed E-state index contributed by atoms with van der Waals surface area (Å²) < 4.78 is 15.3. The summed E-state index contributed by atoms with van der Waals surface area (Å²) in [5, 5.41) is 7.34. The van der Waals surface area contributed by atoms with Crippen LogP contribution in [0.1, 0.15) is 16.7 Å². The maximum atomic E-state index is 13.5. The number of carbonyl (C=O) groups is 1. The molecule has 3 aromatic carbocycles. The molecule has 1 radical (unpaired) electrons. The van der Waals surface area contributed by atoms with Crippen LogP contribution in [0.4, 0.5) is 10.1 Å². The fourth-order valence-electron chi connectivity index (χ4n) is 3.26. The lowest BCUT2D eigenvalue weighted by molar-refractivity contribution is -0.111. The van der Waals surface area contributed by atoms with E-state index < -0.39 is 0 Å². The Hall–Kier alpha value is -3.99. The van der Waals surface area contributed by atoms with E-state index in [1.807, 2.05) is 47.1 Å². The summed E-state index contributed by atoms with van der Waals surface area (Å²) >= 11 is 0. The van der Waals surface area contributed by atoms with Crippen LogP contribution in [0.15, 0.2) is 91.1 Å². The highest BCUT2D eigenvalue weighted by Crippen LogP contribution is 2.26. The van der Waals surface area contributed by atoms with E-state index >= 15 is 0 Å². The Labute approximate surface area is 180 Å². The summed E-state index contributed by atoms with van der Waals surface area (Å²) in [6.45, 7) is 4.39. The summed E-state index contributed by atoms with van der Waals surface area (Å²) in [5.74, 6) is -0.555. The minimum absolute atomic E-state index is 0.252. The molecule has 4 aromatic rings. The van der Waals surface area contributed by atoms with E-state index in [-0.39, 0.29) is 11.7 Å². The second-order valence-electron chi connectivity index (χ2n) is 7.12. The molecule has 0 bridgehead atoms. The van der Waals surface area contributed by atoms with Crippen LogP contribution in [0.5, 0.6) is 0 Å². The average Bonchev–Trinajstić information content (AvgIpc) is 3.17. The highest BCUT2D eigenvalue weighted by atomic mass is 19.1. The molecule has 0 fully saturated rings. The highest BCUT2D eigenvalue weighted by molar-refractivity contribution is 6.02. The minimum Gasteiger partial charge on any atom is -0.323 e. The molecule has 4 rings (SSSR count). The van der Waals surface area contributed by atoms with Crippen molar-refractivity contribution < 1.29 is 9.18 Å². The summed E-state index contributed by atoms with van der Waals surface area (Å²) in [7, 11) is 0. The van der Waals surface area contributed by atoms with Gasteiger partial charge in [0.25, 0.3) is 0 Å². The van der Waals surface area contributed by atoms with Gasteiger partial charge in [-0.2, -0.15) is 5.10 Å². The normalized spacial score (nSPS) is 11.0. The first-order valence-electron chi connectivity index (χ1n) is 9.85. The lowest BCUT2D eigenvalue weighted by Crippen LogP contribution is -2.07. The summed E-state index contributed by atoms with van der Waals surface area (Å²) in [6.07, 6.45) is 4.90. The highest BCUT2D eigenvalue weighted by Gasteiger charge is 2.12. The van der Waals surface area contributed by atoms with E-state index in [9.17, 15) is 9.18 Å². The van der Waals surface area contributed by atoms with Crippen LogP contribution in [0.25, 0.3) is 17.3 Å². The maximum absolute atomic E-state index is 13.5. The molecule has 1 aromatic heterocycles. The molecule has 0 atom stereocenters. The van der Waals surface area contributed by atoms with Crippen molar-refractivity contribution >= 4 is 17.7 Å². The molecular weight excluding hydrogens is 389 g/mol. The van der Waals surface area contributed by atoms with Crippen LogP contribution < -0.4 is 5.32 Å². The fraction of sp³-hybridized carbons (Fsp3) is 0.0385. The summed E-state index contributed by atoms with van der Waals surface area (Å²) in [5.41, 5.74) is 5.07. The van der Waals surface area contributed by atoms with Crippen LogP contribution in [0.2, 0.25) is 0 Å². The number of hydrogen-bond donors (Lipinski definition) is 1. The van der Waals surface area contributed by atoms with Gasteiger partial charge >= 0.3 is 0 Å². The predicted octanol–water partition coefficient (Wildman–Crippen LogP) is 5.57. The topological polar surface area (TPSA) is 46.9 Å². The van der Waals surface area contributed by atoms with Crippen molar-refractivity contribution in [2.45, 2.75) is 6.54 Å². The van der Waals surface area contributed by atoms with Gasteiger partial charge in [-0.05, 0) is 60.5 Å². The van der Waals surface area contributed by atoms with Crippen molar-refractivity contribution in [1.29, 1.82) is 0 Å². The third-order valence-corrected chi connectivity index (χ3v) is 4.80. The number of nitrogens with one attached hydrogen (secondary N) is 1. The standard InChI is InChI=1S/C26H21FN3O/c1-19-7-14-24(15-8-19)29-25(31)16-11-22-17-28-30(18-20-5-3-2-4-6-20)26(22)21-9-12-23(27)13-10-21/h2-17H,1,18H2,(H,29,31)/b16-11+. The quantitative estimate of drug-likeness (QED) is 0.422. The van der Waals surface area contributed by atoms with E-state index in [2.05, 4.69) is 17.3 Å². The molecule has 153 valence electrons. The zero-order chi connectivity index (χ0) is 21.6. The molecule has 0 saturated carbocycles. The van der Waals surface area contributed by atoms with E-state index in [4.69, 9.17) is 0 Å². The number of benzene rings is 3. The molecule has 1 heterocycles. The Balaban J connectivity index is 1.61. The first-order chi connectivity index (χ1) is 15.1. The number of rotatable bonds is 6. The Morgan fingerprint density at radius 1 is 1.00 bits per heavy atom. The lowest BCUT2D eigenvalue weighted by atomic mass is 10.1. The maximum Gasteiger partial charge on any atom is 0.248 e. The second-order valence-corrected chi connectivity index (χ2v) is 7.12. The summed E-state index contributed by atoms with van der Waals surface area (Å²) in [4.78, 5) is 12.4. The number of anilines is 1. The lowest BCUT2D eigenvalue weighted by Gasteiger charge is -2.09. The van der Waals surface area contributed by atoms with Gasteiger partial charge in [-0.1, -0.05) is 42.5 Å². The number of aromatic nitrogens is 2. The monoisotopic (exact) mass is 410 g/mol. The van der Waals surface area contributed by atoms with Crippen LogP contribution in [-0.4, -0.2) is 15.7 Å². The van der Waals surface area contributed by atoms with Crippen LogP contribution >= 0.6 is 0 Å². The minimum atomic E-state index is -0.303. The Kier molecular flexibility index (Phi) is 6.03. The van der Waals surface area contributed by atoms with Crippen LogP contribution in [0.3, 0.4) is 0 Å². The third-order valence-electron chi connectivity index (χ3n) is 4.80. The zero-order valence-electron chi connectivity index (χ0n) is 16.8. The van der Waals surface area contributed by atoms with Gasteiger partial charge in [-0.3, -0.25) is 9.48 Å². The number of halogens is 1. The molecule has 4 nitrogen and oxygen atoms in total. The van der Waals surface area contributed by atoms with E-state index in [1.54, 1.807) is 36.5 Å². The molecule has 1 N–H and O–H groups in total. The van der Waals surface area contributed by atoms with Gasteiger partial charge in [0.05, 0.1) is 18.4 Å². The third kappa shape index (κ3) is 5.14. The van der Waals surface area contributed by atoms with Crippen molar-refractivity contribution in [2.75, 3.05) is 5.32 Å². The SMILES string of the molecule is [CH2]c1ccc(NC(=O)/C=C/c2cnn(Cc3ccccc3)c2-c2ccc(F)cc2)cc1. The number of hydrogen-bond acceptors (Lipinski definition) is 2. The first kappa shape index (κ1) is 20.3. The molecule has 0 aliphatic rings. The van der Waals surface area contributed by atoms with Crippen molar-refractivity contribution in [3.05, 3.63) is 121 Å². The fourth-order valence-corrected chi connectivity index (χ4v) is 3.26. The molecule has 0 saturated heterocycles. The Morgan fingerprint density at radius 3 is 2.42 bits per heavy atom. The molecule has 0 aliphatic heterocycles. The van der Waals surface area contributed by atoms with Gasteiger partial charge in [0.15, 0.2) is 0 Å². The van der Waals surface area contributed by atoms with Crippen LogP contribution in [-0.2, 0) is 11.3 Å². The number of amides is 1. The van der Waals surface area contributed by atoms with Crippen molar-refractivity contribution in [1.82, 2.24) is 9.78 Å². The average molecular weight is 410 g/mol. The van der Waals surface area contributed by atoms with Gasteiger partial charge in [-0.25, -0.2) is 4.39 Å².